The fourth-order valence-electron chi connectivity index (χ4n) is 2.62. The van der Waals surface area contributed by atoms with Crippen molar-refractivity contribution in [2.75, 3.05) is 10.6 Å². The monoisotopic (exact) mass is 455 g/mol. The van der Waals surface area contributed by atoms with Gasteiger partial charge in [-0.2, -0.15) is 0 Å². The normalized spacial score (nSPS) is 11.4. The third-order valence-corrected chi connectivity index (χ3v) is 5.59. The molecule has 0 aliphatic heterocycles. The molecule has 0 fully saturated rings. The first-order valence-electron chi connectivity index (χ1n) is 9.21. The summed E-state index contributed by atoms with van der Waals surface area (Å²) in [4.78, 5) is 35.9. The topological polar surface area (TPSA) is 101 Å². The van der Waals surface area contributed by atoms with Gasteiger partial charge in [0.15, 0.2) is 0 Å². The first-order valence-corrected chi connectivity index (χ1v) is 10.5. The van der Waals surface area contributed by atoms with Gasteiger partial charge in [-0.1, -0.05) is 17.7 Å². The number of rotatable bonds is 7. The molecular weight excluding hydrogens is 438 g/mol. The Labute approximate surface area is 188 Å². The number of thioether (sulfide) groups is 1. The fourth-order valence-corrected chi connectivity index (χ4v) is 3.61. The van der Waals surface area contributed by atoms with Gasteiger partial charge >= 0.3 is 0 Å². The van der Waals surface area contributed by atoms with Crippen molar-refractivity contribution in [3.8, 4) is 0 Å². The predicted octanol–water partition coefficient (Wildman–Crippen LogP) is 5.62. The number of anilines is 2. The van der Waals surface area contributed by atoms with E-state index in [1.54, 1.807) is 55.5 Å². The second-order valence-corrected chi connectivity index (χ2v) is 8.39. The first kappa shape index (κ1) is 22.3. The van der Waals surface area contributed by atoms with Gasteiger partial charge in [-0.05, 0) is 61.5 Å². The van der Waals surface area contributed by atoms with E-state index in [-0.39, 0.29) is 22.4 Å². The number of benzene rings is 3. The molecule has 0 radical (unpaired) electrons. The molecule has 0 saturated heterocycles. The van der Waals surface area contributed by atoms with Crippen LogP contribution in [0.4, 0.5) is 17.1 Å². The highest BCUT2D eigenvalue weighted by Gasteiger charge is 2.15. The summed E-state index contributed by atoms with van der Waals surface area (Å²) in [5.41, 5.74) is 1.26. The Bertz CT molecular complexity index is 1100. The molecule has 1 unspecified atom stereocenters. The molecule has 3 aromatic carbocycles. The lowest BCUT2D eigenvalue weighted by Crippen LogP contribution is -2.22. The van der Waals surface area contributed by atoms with E-state index in [9.17, 15) is 19.7 Å². The Morgan fingerprint density at radius 2 is 1.58 bits per heavy atom. The Morgan fingerprint density at radius 3 is 2.23 bits per heavy atom. The van der Waals surface area contributed by atoms with Crippen molar-refractivity contribution in [3.63, 3.8) is 0 Å². The maximum atomic E-state index is 12.4. The molecule has 0 aliphatic carbocycles. The van der Waals surface area contributed by atoms with Crippen LogP contribution in [0.2, 0.25) is 5.02 Å². The van der Waals surface area contributed by atoms with Gasteiger partial charge in [-0.25, -0.2) is 0 Å². The van der Waals surface area contributed by atoms with Gasteiger partial charge in [0.25, 0.3) is 11.6 Å². The highest BCUT2D eigenvalue weighted by atomic mass is 35.5. The van der Waals surface area contributed by atoms with Gasteiger partial charge in [-0.15, -0.1) is 11.8 Å². The summed E-state index contributed by atoms with van der Waals surface area (Å²) in [5.74, 6) is -0.588. The molecule has 0 bridgehead atoms. The van der Waals surface area contributed by atoms with Crippen molar-refractivity contribution in [3.05, 3.63) is 93.5 Å². The van der Waals surface area contributed by atoms with Crippen LogP contribution in [0.5, 0.6) is 0 Å². The minimum atomic E-state index is -0.549. The molecule has 2 amide bonds. The highest BCUT2D eigenvalue weighted by Crippen LogP contribution is 2.26. The molecule has 0 saturated carbocycles. The molecule has 0 aromatic heterocycles. The molecule has 0 aliphatic rings. The van der Waals surface area contributed by atoms with Crippen LogP contribution in [0.1, 0.15) is 17.3 Å². The van der Waals surface area contributed by atoms with Crippen molar-refractivity contribution < 1.29 is 14.5 Å². The lowest BCUT2D eigenvalue weighted by atomic mass is 10.2. The summed E-state index contributed by atoms with van der Waals surface area (Å²) in [6, 6.07) is 19.4. The number of non-ortho nitro benzene ring substituents is 1. The molecule has 3 aromatic rings. The summed E-state index contributed by atoms with van der Waals surface area (Å²) in [6.07, 6.45) is 0. The number of nitro benzene ring substituents is 1. The number of carbonyl (C=O) groups is 2. The number of hydrogen-bond donors (Lipinski definition) is 2. The van der Waals surface area contributed by atoms with Crippen LogP contribution in [0.15, 0.2) is 77.7 Å². The third kappa shape index (κ3) is 6.31. The van der Waals surface area contributed by atoms with Gasteiger partial charge in [0.2, 0.25) is 5.91 Å². The van der Waals surface area contributed by atoms with Crippen LogP contribution < -0.4 is 10.6 Å². The molecule has 3 rings (SSSR count). The third-order valence-electron chi connectivity index (χ3n) is 4.23. The van der Waals surface area contributed by atoms with Crippen LogP contribution in [-0.4, -0.2) is 22.0 Å². The average molecular weight is 456 g/mol. The number of hydrogen-bond acceptors (Lipinski definition) is 5. The van der Waals surface area contributed by atoms with Gasteiger partial charge in [0.05, 0.1) is 10.2 Å². The zero-order chi connectivity index (χ0) is 22.4. The molecule has 2 N–H and O–H groups in total. The highest BCUT2D eigenvalue weighted by molar-refractivity contribution is 8.00. The number of nitrogens with one attached hydrogen (secondary N) is 2. The predicted molar refractivity (Wildman–Crippen MR) is 123 cm³/mol. The molecule has 158 valence electrons. The zero-order valence-electron chi connectivity index (χ0n) is 16.4. The van der Waals surface area contributed by atoms with Gasteiger partial charge in [0, 0.05) is 39.0 Å². The van der Waals surface area contributed by atoms with E-state index in [0.29, 0.717) is 16.4 Å². The second kappa shape index (κ2) is 10.1. The van der Waals surface area contributed by atoms with Gasteiger partial charge in [-0.3, -0.25) is 19.7 Å². The van der Waals surface area contributed by atoms with E-state index in [0.717, 1.165) is 4.90 Å². The smallest absolute Gasteiger partial charge is 0.270 e. The van der Waals surface area contributed by atoms with Crippen LogP contribution in [0.25, 0.3) is 0 Å². The summed E-state index contributed by atoms with van der Waals surface area (Å²) < 4.78 is 0. The Balaban J connectivity index is 1.57. The summed E-state index contributed by atoms with van der Waals surface area (Å²) in [5, 5.41) is 16.6. The van der Waals surface area contributed by atoms with Crippen molar-refractivity contribution in [2.45, 2.75) is 17.1 Å². The molecule has 7 nitrogen and oxygen atoms in total. The second-order valence-electron chi connectivity index (χ2n) is 6.54. The quantitative estimate of drug-likeness (QED) is 0.273. The molecule has 9 heteroatoms. The first-order chi connectivity index (χ1) is 14.8. The molecule has 0 spiro atoms. The van der Waals surface area contributed by atoms with Crippen LogP contribution in [0.3, 0.4) is 0 Å². The largest absolute Gasteiger partial charge is 0.325 e. The van der Waals surface area contributed by atoms with Crippen LogP contribution in [-0.2, 0) is 4.79 Å². The average Bonchev–Trinajstić information content (AvgIpc) is 2.76. The van der Waals surface area contributed by atoms with Crippen molar-refractivity contribution in [2.24, 2.45) is 0 Å². The lowest BCUT2D eigenvalue weighted by Gasteiger charge is -2.13. The maximum absolute atomic E-state index is 12.4. The summed E-state index contributed by atoms with van der Waals surface area (Å²) in [6.45, 7) is 1.80. The molecule has 1 atom stereocenters. The van der Waals surface area contributed by atoms with Crippen LogP contribution >= 0.6 is 23.4 Å². The van der Waals surface area contributed by atoms with E-state index in [1.165, 1.54) is 36.0 Å². The number of halogens is 1. The van der Waals surface area contributed by atoms with E-state index in [4.69, 9.17) is 11.6 Å². The fraction of sp³-hybridized carbons (Fsp3) is 0.0909. The molecule has 0 heterocycles. The number of carbonyl (C=O) groups excluding carboxylic acids is 2. The molecule has 31 heavy (non-hydrogen) atoms. The zero-order valence-corrected chi connectivity index (χ0v) is 17.9. The summed E-state index contributed by atoms with van der Waals surface area (Å²) >= 11 is 7.22. The van der Waals surface area contributed by atoms with E-state index < -0.39 is 10.8 Å². The lowest BCUT2D eigenvalue weighted by molar-refractivity contribution is -0.384. The van der Waals surface area contributed by atoms with E-state index in [1.807, 2.05) is 0 Å². The van der Waals surface area contributed by atoms with Crippen molar-refractivity contribution >= 4 is 52.2 Å². The van der Waals surface area contributed by atoms with E-state index >= 15 is 0 Å². The van der Waals surface area contributed by atoms with E-state index in [2.05, 4.69) is 10.6 Å². The van der Waals surface area contributed by atoms with Crippen LogP contribution in [0, 0.1) is 10.1 Å². The Hall–Kier alpha value is -3.36. The van der Waals surface area contributed by atoms with Crippen molar-refractivity contribution in [1.82, 2.24) is 0 Å². The Kier molecular flexibility index (Phi) is 7.28. The van der Waals surface area contributed by atoms with Crippen molar-refractivity contribution in [1.29, 1.82) is 0 Å². The standard InChI is InChI=1S/C22H18ClN3O4S/c1-14(21(27)24-17-7-5-16(23)6-8-17)31-20-11-9-18(10-12-20)25-22(28)15-3-2-4-19(13-15)26(29)30/h2-14H,1H3,(H,24,27)(H,25,28). The Morgan fingerprint density at radius 1 is 0.968 bits per heavy atom. The van der Waals surface area contributed by atoms with Gasteiger partial charge < -0.3 is 10.6 Å². The number of nitrogens with zero attached hydrogens (tertiary/aromatic N) is 1. The minimum absolute atomic E-state index is 0.143. The van der Waals surface area contributed by atoms with Gasteiger partial charge in [0.1, 0.15) is 0 Å². The minimum Gasteiger partial charge on any atom is -0.325 e. The number of amides is 2. The SMILES string of the molecule is CC(Sc1ccc(NC(=O)c2cccc([N+](=O)[O-])c2)cc1)C(=O)Nc1ccc(Cl)cc1. The number of nitro groups is 1. The summed E-state index contributed by atoms with van der Waals surface area (Å²) in [7, 11) is 0. The molecular formula is C22H18ClN3O4S. The maximum Gasteiger partial charge on any atom is 0.270 e.